The lowest BCUT2D eigenvalue weighted by atomic mass is 10.1. The Hall–Kier alpha value is -2.50. The van der Waals surface area contributed by atoms with Crippen molar-refractivity contribution < 1.29 is 36.2 Å². The van der Waals surface area contributed by atoms with Crippen LogP contribution in [-0.4, -0.2) is 56.2 Å². The summed E-state index contributed by atoms with van der Waals surface area (Å²) in [6.45, 7) is 0.965. The summed E-state index contributed by atoms with van der Waals surface area (Å²) in [4.78, 5) is 9.19. The number of hydrogen-bond acceptors (Lipinski definition) is 5. The maximum Gasteiger partial charge on any atom is 0.490 e. The number of carboxylic acids is 1. The van der Waals surface area contributed by atoms with Crippen molar-refractivity contribution in [3.8, 4) is 5.75 Å². The van der Waals surface area contributed by atoms with Gasteiger partial charge in [0.1, 0.15) is 5.75 Å². The summed E-state index contributed by atoms with van der Waals surface area (Å²) in [6, 6.07) is 14.3. The molecular formula is C20H22ClF3N2O5S. The highest BCUT2D eigenvalue weighted by molar-refractivity contribution is 7.89. The number of alkyl halides is 3. The molecule has 0 radical (unpaired) electrons. The van der Waals surface area contributed by atoms with Gasteiger partial charge in [0, 0.05) is 19.1 Å². The summed E-state index contributed by atoms with van der Waals surface area (Å²) in [7, 11) is -1.91. The number of piperidine rings is 1. The third kappa shape index (κ3) is 7.01. The molecule has 3 rings (SSSR count). The second-order valence-corrected chi connectivity index (χ2v) is 9.13. The van der Waals surface area contributed by atoms with E-state index >= 15 is 0 Å². The first kappa shape index (κ1) is 25.8. The Kier molecular flexibility index (Phi) is 8.76. The lowest BCUT2D eigenvalue weighted by molar-refractivity contribution is -0.192. The van der Waals surface area contributed by atoms with Crippen molar-refractivity contribution in [2.45, 2.75) is 30.0 Å². The number of anilines is 1. The maximum absolute atomic E-state index is 12.7. The lowest BCUT2D eigenvalue weighted by Gasteiger charge is -2.32. The molecule has 0 aliphatic carbocycles. The molecule has 2 aromatic carbocycles. The predicted molar refractivity (Wildman–Crippen MR) is 114 cm³/mol. The summed E-state index contributed by atoms with van der Waals surface area (Å²) >= 11 is 6.17. The normalized spacial score (nSPS) is 15.4. The summed E-state index contributed by atoms with van der Waals surface area (Å²) in [5.41, 5.74) is 0.889. The van der Waals surface area contributed by atoms with Crippen molar-refractivity contribution in [2.75, 3.05) is 25.5 Å². The minimum Gasteiger partial charge on any atom is -0.497 e. The number of hydrogen-bond donors (Lipinski definition) is 2. The highest BCUT2D eigenvalue weighted by Gasteiger charge is 2.38. The fraction of sp³-hybridized carbons (Fsp3) is 0.350. The molecule has 0 spiro atoms. The van der Waals surface area contributed by atoms with Crippen LogP contribution in [0.4, 0.5) is 18.9 Å². The Balaban J connectivity index is 0.000000451. The predicted octanol–water partition coefficient (Wildman–Crippen LogP) is 4.25. The van der Waals surface area contributed by atoms with Gasteiger partial charge in [-0.1, -0.05) is 23.7 Å². The number of nitrogens with one attached hydrogen (secondary N) is 1. The van der Waals surface area contributed by atoms with Crippen LogP contribution in [0.1, 0.15) is 12.8 Å². The molecular weight excluding hydrogens is 473 g/mol. The average Bonchev–Trinajstić information content (AvgIpc) is 2.75. The van der Waals surface area contributed by atoms with Crippen LogP contribution in [0, 0.1) is 0 Å². The zero-order chi connectivity index (χ0) is 23.9. The number of benzene rings is 2. The number of ether oxygens (including phenoxy) is 1. The first-order valence-corrected chi connectivity index (χ1v) is 11.2. The van der Waals surface area contributed by atoms with Crippen LogP contribution >= 0.6 is 11.6 Å². The Morgan fingerprint density at radius 2 is 1.66 bits per heavy atom. The number of nitrogens with zero attached hydrogens (tertiary/aromatic N) is 1. The van der Waals surface area contributed by atoms with E-state index in [0.29, 0.717) is 28.8 Å². The zero-order valence-corrected chi connectivity index (χ0v) is 18.5. The summed E-state index contributed by atoms with van der Waals surface area (Å²) in [5, 5.41) is 11.2. The van der Waals surface area contributed by atoms with Crippen molar-refractivity contribution in [1.29, 1.82) is 0 Å². The van der Waals surface area contributed by atoms with Crippen molar-refractivity contribution in [2.24, 2.45) is 0 Å². The quantitative estimate of drug-likeness (QED) is 0.645. The molecule has 7 nitrogen and oxygen atoms in total. The van der Waals surface area contributed by atoms with E-state index in [1.807, 2.05) is 24.3 Å². The van der Waals surface area contributed by atoms with Gasteiger partial charge >= 0.3 is 12.1 Å². The topological polar surface area (TPSA) is 95.9 Å². The number of halogens is 4. The Morgan fingerprint density at radius 1 is 1.12 bits per heavy atom. The number of para-hydroxylation sites is 1. The molecule has 12 heteroatoms. The Morgan fingerprint density at radius 3 is 2.12 bits per heavy atom. The van der Waals surface area contributed by atoms with Gasteiger partial charge in [-0.2, -0.15) is 17.5 Å². The molecule has 2 N–H and O–H groups in total. The van der Waals surface area contributed by atoms with E-state index in [-0.39, 0.29) is 6.04 Å². The van der Waals surface area contributed by atoms with Gasteiger partial charge in [0.2, 0.25) is 10.0 Å². The molecule has 1 fully saturated rings. The van der Waals surface area contributed by atoms with Gasteiger partial charge in [0.25, 0.3) is 0 Å². The van der Waals surface area contributed by atoms with Crippen LogP contribution in [0.2, 0.25) is 5.02 Å². The third-order valence-electron chi connectivity index (χ3n) is 4.63. The smallest absolute Gasteiger partial charge is 0.490 e. The lowest BCUT2D eigenvalue weighted by Crippen LogP contribution is -2.42. The first-order chi connectivity index (χ1) is 14.9. The number of carbonyl (C=O) groups is 1. The van der Waals surface area contributed by atoms with Crippen LogP contribution in [0.15, 0.2) is 53.4 Å². The molecule has 0 unspecified atom stereocenters. The van der Waals surface area contributed by atoms with E-state index in [1.165, 1.54) is 0 Å². The van der Waals surface area contributed by atoms with Crippen molar-refractivity contribution in [3.05, 3.63) is 53.6 Å². The fourth-order valence-corrected chi connectivity index (χ4v) is 4.60. The van der Waals surface area contributed by atoms with Gasteiger partial charge in [-0.05, 0) is 49.2 Å². The molecule has 0 saturated carbocycles. The first-order valence-electron chi connectivity index (χ1n) is 9.40. The van der Waals surface area contributed by atoms with Gasteiger partial charge in [-0.3, -0.25) is 0 Å². The van der Waals surface area contributed by atoms with E-state index in [1.54, 1.807) is 35.7 Å². The molecule has 176 valence electrons. The molecule has 2 aromatic rings. The molecule has 32 heavy (non-hydrogen) atoms. The van der Waals surface area contributed by atoms with Crippen LogP contribution in [-0.2, 0) is 14.8 Å². The second kappa shape index (κ2) is 10.9. The zero-order valence-electron chi connectivity index (χ0n) is 17.0. The maximum atomic E-state index is 12.7. The number of rotatable bonds is 5. The van der Waals surface area contributed by atoms with Gasteiger partial charge in [-0.25, -0.2) is 13.2 Å². The van der Waals surface area contributed by atoms with Crippen LogP contribution in [0.5, 0.6) is 5.75 Å². The van der Waals surface area contributed by atoms with Gasteiger partial charge in [0.15, 0.2) is 0 Å². The van der Waals surface area contributed by atoms with E-state index in [4.69, 9.17) is 26.2 Å². The summed E-state index contributed by atoms with van der Waals surface area (Å²) in [5.74, 6) is -2.12. The number of carboxylic acid groups (broad SMARTS) is 1. The molecule has 0 aromatic heterocycles. The standard InChI is InChI=1S/C18H21ClN2O3S.C2HF3O2/c1-24-15-6-8-16(9-7-15)25(22,23)21-12-10-14(11-13-21)20-18-5-3-2-4-17(18)19;3-2(4,5)1(6)7/h2-9,14,20H,10-13H2,1H3;(H,6,7). The largest absolute Gasteiger partial charge is 0.497 e. The van der Waals surface area contributed by atoms with Crippen LogP contribution in [0.3, 0.4) is 0 Å². The van der Waals surface area contributed by atoms with E-state index in [9.17, 15) is 21.6 Å². The second-order valence-electron chi connectivity index (χ2n) is 6.78. The van der Waals surface area contributed by atoms with Crippen molar-refractivity contribution in [1.82, 2.24) is 4.31 Å². The molecule has 0 atom stereocenters. The van der Waals surface area contributed by atoms with Crippen molar-refractivity contribution in [3.63, 3.8) is 0 Å². The fourth-order valence-electron chi connectivity index (χ4n) is 2.94. The third-order valence-corrected chi connectivity index (χ3v) is 6.87. The van der Waals surface area contributed by atoms with Gasteiger partial charge in [-0.15, -0.1) is 0 Å². The molecule has 1 heterocycles. The monoisotopic (exact) mass is 494 g/mol. The van der Waals surface area contributed by atoms with Crippen LogP contribution in [0.25, 0.3) is 0 Å². The Labute approximate surface area is 188 Å². The molecule has 0 bridgehead atoms. The SMILES string of the molecule is COc1ccc(S(=O)(=O)N2CCC(Nc3ccccc3Cl)CC2)cc1.O=C(O)C(F)(F)F. The molecule has 0 amide bonds. The van der Waals surface area contributed by atoms with Crippen molar-refractivity contribution >= 4 is 33.3 Å². The highest BCUT2D eigenvalue weighted by Crippen LogP contribution is 2.26. The molecule has 1 saturated heterocycles. The Bertz CT molecular complexity index is 1010. The summed E-state index contributed by atoms with van der Waals surface area (Å²) in [6.07, 6.45) is -3.61. The average molecular weight is 495 g/mol. The van der Waals surface area contributed by atoms with Crippen LogP contribution < -0.4 is 10.1 Å². The van der Waals surface area contributed by atoms with Gasteiger partial charge in [0.05, 0.1) is 22.7 Å². The number of sulfonamides is 1. The van der Waals surface area contributed by atoms with E-state index in [0.717, 1.165) is 18.5 Å². The number of aliphatic carboxylic acids is 1. The molecule has 1 aliphatic rings. The van der Waals surface area contributed by atoms with E-state index in [2.05, 4.69) is 5.32 Å². The van der Waals surface area contributed by atoms with E-state index < -0.39 is 22.2 Å². The minimum absolute atomic E-state index is 0.210. The number of methoxy groups -OCH3 is 1. The summed E-state index contributed by atoms with van der Waals surface area (Å²) < 4.78 is 63.9. The minimum atomic E-state index is -5.08. The highest BCUT2D eigenvalue weighted by atomic mass is 35.5. The van der Waals surface area contributed by atoms with Gasteiger partial charge < -0.3 is 15.2 Å². The molecule has 1 aliphatic heterocycles.